The Bertz CT molecular complexity index is 222. The molecule has 80 valence electrons. The van der Waals surface area contributed by atoms with Crippen LogP contribution in [-0.2, 0) is 4.74 Å². The minimum Gasteiger partial charge on any atom is -0.381 e. The molecule has 3 aliphatic rings. The summed E-state index contributed by atoms with van der Waals surface area (Å²) >= 11 is 0. The molecule has 0 spiro atoms. The maximum Gasteiger partial charge on any atom is 0.0532 e. The molecule has 2 unspecified atom stereocenters. The van der Waals surface area contributed by atoms with Gasteiger partial charge < -0.3 is 10.1 Å². The van der Waals surface area contributed by atoms with Crippen molar-refractivity contribution < 1.29 is 4.74 Å². The average Bonchev–Trinajstić information content (AvgIpc) is 2.66. The van der Waals surface area contributed by atoms with Crippen LogP contribution in [0.15, 0.2) is 0 Å². The summed E-state index contributed by atoms with van der Waals surface area (Å²) in [7, 11) is 0. The minimum atomic E-state index is 0.424. The smallest absolute Gasteiger partial charge is 0.0532 e. The second kappa shape index (κ2) is 3.21. The fraction of sp³-hybridized carbons (Fsp3) is 1.00. The predicted octanol–water partition coefficient (Wildman–Crippen LogP) is 1.80. The summed E-state index contributed by atoms with van der Waals surface area (Å²) in [5.74, 6) is 2.14. The molecule has 2 saturated carbocycles. The maximum atomic E-state index is 5.47. The van der Waals surface area contributed by atoms with Crippen LogP contribution in [0.5, 0.6) is 0 Å². The summed E-state index contributed by atoms with van der Waals surface area (Å²) in [4.78, 5) is 0. The molecule has 1 heterocycles. The van der Waals surface area contributed by atoms with Crippen molar-refractivity contribution in [1.29, 1.82) is 0 Å². The van der Waals surface area contributed by atoms with Crippen molar-refractivity contribution in [3.63, 3.8) is 0 Å². The van der Waals surface area contributed by atoms with E-state index in [0.29, 0.717) is 5.41 Å². The van der Waals surface area contributed by atoms with Gasteiger partial charge in [0.25, 0.3) is 0 Å². The molecule has 0 aromatic rings. The van der Waals surface area contributed by atoms with E-state index < -0.39 is 0 Å². The quantitative estimate of drug-likeness (QED) is 0.741. The lowest BCUT2D eigenvalue weighted by atomic mass is 9.89. The molecule has 14 heavy (non-hydrogen) atoms. The number of ether oxygens (including phenoxy) is 1. The largest absolute Gasteiger partial charge is 0.381 e. The SMILES string of the molecule is CC1(CNC2CC[C@@H]3C[C@H]23)CCOC1. The monoisotopic (exact) mass is 195 g/mol. The van der Waals surface area contributed by atoms with Gasteiger partial charge in [0.05, 0.1) is 6.61 Å². The van der Waals surface area contributed by atoms with Crippen molar-refractivity contribution in [2.24, 2.45) is 17.3 Å². The summed E-state index contributed by atoms with van der Waals surface area (Å²) in [6.07, 6.45) is 5.65. The normalized spacial score (nSPS) is 50.8. The zero-order chi connectivity index (χ0) is 9.60. The Hall–Kier alpha value is -0.0800. The van der Waals surface area contributed by atoms with Gasteiger partial charge in [-0.1, -0.05) is 6.92 Å². The molecule has 1 N–H and O–H groups in total. The molecule has 4 atom stereocenters. The van der Waals surface area contributed by atoms with E-state index in [9.17, 15) is 0 Å². The molecule has 0 bridgehead atoms. The average molecular weight is 195 g/mol. The third-order valence-corrected chi connectivity index (χ3v) is 4.43. The Labute approximate surface area is 86.4 Å². The second-order valence-electron chi connectivity index (χ2n) is 5.84. The number of hydrogen-bond donors (Lipinski definition) is 1. The van der Waals surface area contributed by atoms with E-state index in [2.05, 4.69) is 12.2 Å². The molecule has 2 aliphatic carbocycles. The molecule has 2 heteroatoms. The second-order valence-corrected chi connectivity index (χ2v) is 5.84. The van der Waals surface area contributed by atoms with Gasteiger partial charge in [0, 0.05) is 24.6 Å². The van der Waals surface area contributed by atoms with Gasteiger partial charge in [-0.3, -0.25) is 0 Å². The maximum absolute atomic E-state index is 5.47. The molecule has 3 rings (SSSR count). The zero-order valence-corrected chi connectivity index (χ0v) is 9.09. The van der Waals surface area contributed by atoms with Gasteiger partial charge in [-0.15, -0.1) is 0 Å². The van der Waals surface area contributed by atoms with Gasteiger partial charge in [0.2, 0.25) is 0 Å². The Morgan fingerprint density at radius 3 is 2.93 bits per heavy atom. The summed E-state index contributed by atoms with van der Waals surface area (Å²) in [5, 5.41) is 3.78. The molecule has 0 aromatic heterocycles. The fourth-order valence-corrected chi connectivity index (χ4v) is 3.18. The van der Waals surface area contributed by atoms with Crippen LogP contribution in [0.25, 0.3) is 0 Å². The molecule has 0 aromatic carbocycles. The van der Waals surface area contributed by atoms with Crippen molar-refractivity contribution in [1.82, 2.24) is 5.32 Å². The highest BCUT2D eigenvalue weighted by molar-refractivity contribution is 5.01. The summed E-state index contributed by atoms with van der Waals surface area (Å²) in [6, 6.07) is 0.845. The van der Waals surface area contributed by atoms with Crippen LogP contribution in [0.2, 0.25) is 0 Å². The first-order valence-electron chi connectivity index (χ1n) is 6.08. The van der Waals surface area contributed by atoms with Crippen LogP contribution >= 0.6 is 0 Å². The van der Waals surface area contributed by atoms with Crippen LogP contribution in [0.3, 0.4) is 0 Å². The summed E-state index contributed by atoms with van der Waals surface area (Å²) < 4.78 is 5.47. The number of rotatable bonds is 3. The molecule has 3 fully saturated rings. The lowest BCUT2D eigenvalue weighted by molar-refractivity contribution is 0.156. The Balaban J connectivity index is 1.49. The molecule has 0 radical (unpaired) electrons. The number of hydrogen-bond acceptors (Lipinski definition) is 2. The van der Waals surface area contributed by atoms with E-state index in [1.54, 1.807) is 0 Å². The highest BCUT2D eigenvalue weighted by atomic mass is 16.5. The van der Waals surface area contributed by atoms with Gasteiger partial charge in [0.1, 0.15) is 0 Å². The van der Waals surface area contributed by atoms with Gasteiger partial charge in [-0.25, -0.2) is 0 Å². The Kier molecular flexibility index (Phi) is 2.10. The standard InChI is InChI=1S/C12H21NO/c1-12(4-5-14-8-12)7-13-11-3-2-9-6-10(9)11/h9-11,13H,2-8H2,1H3/t9-,10+,11?,12?/m1/s1. The van der Waals surface area contributed by atoms with Gasteiger partial charge in [0.15, 0.2) is 0 Å². The van der Waals surface area contributed by atoms with Crippen LogP contribution in [0.4, 0.5) is 0 Å². The predicted molar refractivity (Wildman–Crippen MR) is 56.2 cm³/mol. The number of nitrogens with one attached hydrogen (secondary N) is 1. The highest BCUT2D eigenvalue weighted by Crippen LogP contribution is 2.51. The van der Waals surface area contributed by atoms with Crippen molar-refractivity contribution >= 4 is 0 Å². The molecular weight excluding hydrogens is 174 g/mol. The van der Waals surface area contributed by atoms with Gasteiger partial charge in [-0.2, -0.15) is 0 Å². The van der Waals surface area contributed by atoms with E-state index in [-0.39, 0.29) is 0 Å². The topological polar surface area (TPSA) is 21.3 Å². The van der Waals surface area contributed by atoms with E-state index in [4.69, 9.17) is 4.74 Å². The molecule has 1 saturated heterocycles. The molecule has 0 amide bonds. The number of fused-ring (bicyclic) bond motifs is 1. The first-order chi connectivity index (χ1) is 6.77. The van der Waals surface area contributed by atoms with E-state index >= 15 is 0 Å². The van der Waals surface area contributed by atoms with Gasteiger partial charge >= 0.3 is 0 Å². The lowest BCUT2D eigenvalue weighted by Gasteiger charge is -2.25. The molecular formula is C12H21NO. The van der Waals surface area contributed by atoms with E-state index in [1.807, 2.05) is 0 Å². The summed E-state index contributed by atoms with van der Waals surface area (Å²) in [5.41, 5.74) is 0.424. The third kappa shape index (κ3) is 1.59. The van der Waals surface area contributed by atoms with E-state index in [1.165, 1.54) is 32.2 Å². The summed E-state index contributed by atoms with van der Waals surface area (Å²) in [6.45, 7) is 5.45. The van der Waals surface area contributed by atoms with Crippen molar-refractivity contribution in [2.75, 3.05) is 19.8 Å². The zero-order valence-electron chi connectivity index (χ0n) is 9.09. The van der Waals surface area contributed by atoms with Crippen LogP contribution in [0.1, 0.15) is 32.6 Å². The lowest BCUT2D eigenvalue weighted by Crippen LogP contribution is -2.38. The van der Waals surface area contributed by atoms with Crippen LogP contribution < -0.4 is 5.32 Å². The fourth-order valence-electron chi connectivity index (χ4n) is 3.18. The first kappa shape index (κ1) is 9.17. The van der Waals surface area contributed by atoms with Crippen molar-refractivity contribution in [3.05, 3.63) is 0 Å². The first-order valence-corrected chi connectivity index (χ1v) is 6.08. The van der Waals surface area contributed by atoms with Crippen LogP contribution in [0, 0.1) is 17.3 Å². The molecule has 2 nitrogen and oxygen atoms in total. The molecule has 1 aliphatic heterocycles. The minimum absolute atomic E-state index is 0.424. The Morgan fingerprint density at radius 1 is 1.43 bits per heavy atom. The van der Waals surface area contributed by atoms with E-state index in [0.717, 1.165) is 31.1 Å². The highest BCUT2D eigenvalue weighted by Gasteiger charge is 2.48. The van der Waals surface area contributed by atoms with Crippen LogP contribution in [-0.4, -0.2) is 25.8 Å². The van der Waals surface area contributed by atoms with Gasteiger partial charge in [-0.05, 0) is 37.5 Å². The Morgan fingerprint density at radius 2 is 2.36 bits per heavy atom. The van der Waals surface area contributed by atoms with Crippen molar-refractivity contribution in [3.8, 4) is 0 Å². The van der Waals surface area contributed by atoms with Crippen molar-refractivity contribution in [2.45, 2.75) is 38.6 Å². The third-order valence-electron chi connectivity index (χ3n) is 4.43.